The second-order valence-corrected chi connectivity index (χ2v) is 10.6. The highest BCUT2D eigenvalue weighted by Crippen LogP contribution is 2.32. The van der Waals surface area contributed by atoms with Crippen LogP contribution in [0.5, 0.6) is 0 Å². The number of halogens is 1. The molecule has 1 fully saturated rings. The number of amides is 1. The average molecular weight is 559 g/mol. The number of benzene rings is 3. The molecule has 1 aromatic heterocycles. The largest absolute Gasteiger partial charge is 0.342 e. The molecule has 0 radical (unpaired) electrons. The molecule has 36 heavy (non-hydrogen) atoms. The quantitative estimate of drug-likeness (QED) is 0.191. The second kappa shape index (κ2) is 9.68. The normalized spacial score (nSPS) is 15.1. The number of fused-ring (bicyclic) bond motifs is 1. The fourth-order valence-corrected chi connectivity index (χ4v) is 5.32. The van der Waals surface area contributed by atoms with Crippen LogP contribution in [0, 0.1) is 13.8 Å². The van der Waals surface area contributed by atoms with Crippen molar-refractivity contribution in [3.05, 3.63) is 105 Å². The first-order chi connectivity index (χ1) is 17.3. The Hall–Kier alpha value is -3.22. The van der Waals surface area contributed by atoms with Crippen LogP contribution >= 0.6 is 28.1 Å². The zero-order valence-electron chi connectivity index (χ0n) is 20.9. The number of aromatic nitrogens is 1. The van der Waals surface area contributed by atoms with Crippen LogP contribution in [0.4, 0.5) is 5.69 Å². The summed E-state index contributed by atoms with van der Waals surface area (Å²) in [6.07, 6.45) is 5.07. The van der Waals surface area contributed by atoms with Crippen molar-refractivity contribution < 1.29 is 4.79 Å². The SMILES string of the molecule is CCc1cccc2c(/C=C3/C(=O)N(c4ccc(C)c(C)c4)C(=S)N3C)cn(Cc3ccc(Br)cc3)c12. The van der Waals surface area contributed by atoms with Crippen LogP contribution in [0.1, 0.15) is 34.7 Å². The molecule has 0 unspecified atom stereocenters. The standard InChI is InChI=1S/C30H28BrN3OS/c1-5-22-7-6-8-26-23(18-33(28(22)26)17-21-10-12-24(31)13-11-21)16-27-29(35)34(30(36)32(27)4)25-14-9-19(2)20(3)15-25/h6-16,18H,5,17H2,1-4H3/b27-16-. The average Bonchev–Trinajstić information content (AvgIpc) is 3.32. The fraction of sp³-hybridized carbons (Fsp3) is 0.200. The predicted molar refractivity (Wildman–Crippen MR) is 156 cm³/mol. The third kappa shape index (κ3) is 4.29. The number of anilines is 1. The number of rotatable bonds is 5. The van der Waals surface area contributed by atoms with E-state index in [1.807, 2.05) is 36.2 Å². The number of hydrogen-bond donors (Lipinski definition) is 0. The van der Waals surface area contributed by atoms with Gasteiger partial charge in [-0.2, -0.15) is 0 Å². The zero-order chi connectivity index (χ0) is 25.6. The van der Waals surface area contributed by atoms with Gasteiger partial charge in [-0.05, 0) is 85.1 Å². The molecule has 0 atom stereocenters. The van der Waals surface area contributed by atoms with Gasteiger partial charge in [0, 0.05) is 35.2 Å². The van der Waals surface area contributed by atoms with E-state index in [1.165, 1.54) is 22.2 Å². The molecule has 0 bridgehead atoms. The van der Waals surface area contributed by atoms with Gasteiger partial charge < -0.3 is 9.47 Å². The van der Waals surface area contributed by atoms with Gasteiger partial charge in [-0.3, -0.25) is 9.69 Å². The Labute approximate surface area is 226 Å². The molecule has 1 aliphatic rings. The third-order valence-corrected chi connectivity index (χ3v) is 7.95. The molecule has 1 saturated heterocycles. The molecule has 1 aliphatic heterocycles. The first kappa shape index (κ1) is 24.5. The number of carbonyl (C=O) groups excluding carboxylic acids is 1. The van der Waals surface area contributed by atoms with E-state index in [9.17, 15) is 4.79 Å². The van der Waals surface area contributed by atoms with Gasteiger partial charge in [0.05, 0.1) is 11.2 Å². The van der Waals surface area contributed by atoms with Crippen LogP contribution in [-0.4, -0.2) is 27.5 Å². The van der Waals surface area contributed by atoms with E-state index >= 15 is 0 Å². The summed E-state index contributed by atoms with van der Waals surface area (Å²) < 4.78 is 3.36. The van der Waals surface area contributed by atoms with Gasteiger partial charge in [0.15, 0.2) is 5.11 Å². The maximum atomic E-state index is 13.6. The Bertz CT molecular complexity index is 1530. The van der Waals surface area contributed by atoms with Crippen LogP contribution in [0.25, 0.3) is 17.0 Å². The molecule has 0 saturated carbocycles. The van der Waals surface area contributed by atoms with Crippen molar-refractivity contribution in [3.8, 4) is 0 Å². The lowest BCUT2D eigenvalue weighted by atomic mass is 10.1. The van der Waals surface area contributed by atoms with Gasteiger partial charge in [0.25, 0.3) is 5.91 Å². The predicted octanol–water partition coefficient (Wildman–Crippen LogP) is 7.24. The molecule has 0 N–H and O–H groups in total. The second-order valence-electron chi connectivity index (χ2n) is 9.29. The van der Waals surface area contributed by atoms with Gasteiger partial charge >= 0.3 is 0 Å². The molecule has 0 spiro atoms. The van der Waals surface area contributed by atoms with Crippen LogP contribution in [0.15, 0.2) is 77.0 Å². The van der Waals surface area contributed by atoms with Crippen LogP contribution in [-0.2, 0) is 17.8 Å². The summed E-state index contributed by atoms with van der Waals surface area (Å²) in [6.45, 7) is 7.04. The summed E-state index contributed by atoms with van der Waals surface area (Å²) in [5.41, 5.74) is 8.41. The van der Waals surface area contributed by atoms with Crippen molar-refractivity contribution in [2.45, 2.75) is 33.7 Å². The zero-order valence-corrected chi connectivity index (χ0v) is 23.3. The molecule has 2 heterocycles. The van der Waals surface area contributed by atoms with Gasteiger partial charge in [-0.25, -0.2) is 0 Å². The van der Waals surface area contributed by atoms with E-state index in [4.69, 9.17) is 12.2 Å². The van der Waals surface area contributed by atoms with Crippen molar-refractivity contribution in [1.82, 2.24) is 9.47 Å². The van der Waals surface area contributed by atoms with Crippen molar-refractivity contribution in [1.29, 1.82) is 0 Å². The van der Waals surface area contributed by atoms with Crippen LogP contribution in [0.2, 0.25) is 0 Å². The van der Waals surface area contributed by atoms with Crippen LogP contribution in [0.3, 0.4) is 0 Å². The molecule has 3 aromatic carbocycles. The molecule has 182 valence electrons. The number of nitrogens with zero attached hydrogens (tertiary/aromatic N) is 3. The van der Waals surface area contributed by atoms with Crippen molar-refractivity contribution in [3.63, 3.8) is 0 Å². The van der Waals surface area contributed by atoms with Gasteiger partial charge in [-0.1, -0.05) is 59.3 Å². The topological polar surface area (TPSA) is 28.5 Å². The lowest BCUT2D eigenvalue weighted by Crippen LogP contribution is -2.31. The molecule has 1 amide bonds. The van der Waals surface area contributed by atoms with Gasteiger partial charge in [0.2, 0.25) is 0 Å². The maximum absolute atomic E-state index is 13.6. The van der Waals surface area contributed by atoms with Crippen molar-refractivity contribution in [2.24, 2.45) is 0 Å². The molecule has 6 heteroatoms. The molecular formula is C30H28BrN3OS. The van der Waals surface area contributed by atoms with E-state index in [1.54, 1.807) is 4.90 Å². The number of likely N-dealkylation sites (N-methyl/N-ethyl adjacent to an activating group) is 1. The third-order valence-electron chi connectivity index (χ3n) is 6.96. The Morgan fingerprint density at radius 2 is 1.75 bits per heavy atom. The number of hydrogen-bond acceptors (Lipinski definition) is 2. The van der Waals surface area contributed by atoms with E-state index in [0.29, 0.717) is 10.8 Å². The van der Waals surface area contributed by atoms with Gasteiger partial charge in [0.1, 0.15) is 5.70 Å². The number of aryl methyl sites for hydroxylation is 3. The van der Waals surface area contributed by atoms with E-state index in [-0.39, 0.29) is 5.91 Å². The monoisotopic (exact) mass is 557 g/mol. The summed E-state index contributed by atoms with van der Waals surface area (Å²) >= 11 is 9.24. The lowest BCUT2D eigenvalue weighted by Gasteiger charge is -2.17. The maximum Gasteiger partial charge on any atom is 0.281 e. The molecule has 5 rings (SSSR count). The Kier molecular flexibility index (Phi) is 6.58. The van der Waals surface area contributed by atoms with E-state index in [0.717, 1.165) is 39.6 Å². The molecule has 0 aliphatic carbocycles. The highest BCUT2D eigenvalue weighted by atomic mass is 79.9. The minimum atomic E-state index is -0.105. The first-order valence-corrected chi connectivity index (χ1v) is 13.2. The summed E-state index contributed by atoms with van der Waals surface area (Å²) in [5, 5.41) is 1.62. The highest BCUT2D eigenvalue weighted by molar-refractivity contribution is 9.10. The van der Waals surface area contributed by atoms with E-state index < -0.39 is 0 Å². The minimum Gasteiger partial charge on any atom is -0.342 e. The lowest BCUT2D eigenvalue weighted by molar-refractivity contribution is -0.114. The Morgan fingerprint density at radius 3 is 2.44 bits per heavy atom. The fourth-order valence-electron chi connectivity index (χ4n) is 4.77. The summed E-state index contributed by atoms with van der Waals surface area (Å²) in [4.78, 5) is 17.1. The highest BCUT2D eigenvalue weighted by Gasteiger charge is 2.37. The first-order valence-electron chi connectivity index (χ1n) is 12.0. The van der Waals surface area contributed by atoms with Crippen LogP contribution < -0.4 is 4.90 Å². The Morgan fingerprint density at radius 1 is 1.00 bits per heavy atom. The summed E-state index contributed by atoms with van der Waals surface area (Å²) in [7, 11) is 1.87. The molecule has 4 aromatic rings. The minimum absolute atomic E-state index is 0.105. The van der Waals surface area contributed by atoms with Crippen molar-refractivity contribution >= 4 is 61.8 Å². The summed E-state index contributed by atoms with van der Waals surface area (Å²) in [6, 6.07) is 20.8. The summed E-state index contributed by atoms with van der Waals surface area (Å²) in [5.74, 6) is -0.105. The molecule has 4 nitrogen and oxygen atoms in total. The van der Waals surface area contributed by atoms with Crippen molar-refractivity contribution in [2.75, 3.05) is 11.9 Å². The van der Waals surface area contributed by atoms with Gasteiger partial charge in [-0.15, -0.1) is 0 Å². The number of carbonyl (C=O) groups is 1. The smallest absolute Gasteiger partial charge is 0.281 e. The Balaban J connectivity index is 1.59. The molecular weight excluding hydrogens is 530 g/mol. The number of para-hydroxylation sites is 1. The number of thiocarbonyl (C=S) groups is 1. The van der Waals surface area contributed by atoms with E-state index in [2.05, 4.69) is 89.9 Å².